The lowest BCUT2D eigenvalue weighted by molar-refractivity contribution is -0.384. The van der Waals surface area contributed by atoms with Gasteiger partial charge in [0.05, 0.1) is 10.6 Å². The Labute approximate surface area is 191 Å². The molecule has 0 aliphatic carbocycles. The van der Waals surface area contributed by atoms with Gasteiger partial charge in [-0.2, -0.15) is 10.4 Å². The van der Waals surface area contributed by atoms with E-state index in [1.807, 2.05) is 43.3 Å². The highest BCUT2D eigenvalue weighted by Gasteiger charge is 2.16. The van der Waals surface area contributed by atoms with Crippen molar-refractivity contribution in [2.45, 2.75) is 13.3 Å². The Morgan fingerprint density at radius 2 is 1.97 bits per heavy atom. The minimum Gasteiger partial charge on any atom is -0.382 e. The van der Waals surface area contributed by atoms with Crippen molar-refractivity contribution in [1.82, 2.24) is 15.1 Å². The number of rotatable bonds is 10. The van der Waals surface area contributed by atoms with Crippen molar-refractivity contribution in [3.63, 3.8) is 0 Å². The van der Waals surface area contributed by atoms with E-state index in [0.29, 0.717) is 43.0 Å². The Bertz CT molecular complexity index is 1180. The highest BCUT2D eigenvalue weighted by Crippen LogP contribution is 2.27. The van der Waals surface area contributed by atoms with Gasteiger partial charge in [-0.25, -0.2) is 4.68 Å². The van der Waals surface area contributed by atoms with Gasteiger partial charge in [-0.05, 0) is 43.7 Å². The first-order valence-electron chi connectivity index (χ1n) is 10.4. The molecule has 9 nitrogen and oxygen atoms in total. The Hall–Kier alpha value is -4.29. The van der Waals surface area contributed by atoms with Gasteiger partial charge in [0, 0.05) is 49.2 Å². The molecular formula is C24H23N5O4. The predicted molar refractivity (Wildman–Crippen MR) is 123 cm³/mol. The number of amides is 1. The van der Waals surface area contributed by atoms with Crippen molar-refractivity contribution < 1.29 is 14.5 Å². The van der Waals surface area contributed by atoms with Crippen LogP contribution in [-0.4, -0.2) is 40.4 Å². The minimum atomic E-state index is -0.490. The number of nitrogens with one attached hydrogen (secondary N) is 1. The van der Waals surface area contributed by atoms with E-state index >= 15 is 0 Å². The maximum atomic E-state index is 12.5. The average Bonchev–Trinajstić information content (AvgIpc) is 3.26. The lowest BCUT2D eigenvalue weighted by atomic mass is 10.1. The van der Waals surface area contributed by atoms with Crippen molar-refractivity contribution in [1.29, 1.82) is 5.26 Å². The molecule has 1 heterocycles. The summed E-state index contributed by atoms with van der Waals surface area (Å²) in [6.45, 7) is 3.41. The number of nitro benzene ring substituents is 1. The van der Waals surface area contributed by atoms with Crippen LogP contribution < -0.4 is 5.32 Å². The molecule has 3 rings (SSSR count). The molecule has 0 saturated heterocycles. The Morgan fingerprint density at radius 3 is 2.61 bits per heavy atom. The zero-order valence-electron chi connectivity index (χ0n) is 18.1. The summed E-state index contributed by atoms with van der Waals surface area (Å²) >= 11 is 0. The van der Waals surface area contributed by atoms with Gasteiger partial charge in [-0.15, -0.1) is 0 Å². The maximum absolute atomic E-state index is 12.5. The van der Waals surface area contributed by atoms with Crippen LogP contribution in [-0.2, 0) is 9.53 Å². The Balaban J connectivity index is 1.94. The van der Waals surface area contributed by atoms with E-state index in [-0.39, 0.29) is 11.3 Å². The number of carbonyl (C=O) groups is 1. The first-order valence-corrected chi connectivity index (χ1v) is 10.4. The van der Waals surface area contributed by atoms with Crippen molar-refractivity contribution in [2.75, 3.05) is 19.8 Å². The fourth-order valence-electron chi connectivity index (χ4n) is 3.09. The van der Waals surface area contributed by atoms with E-state index in [1.54, 1.807) is 23.0 Å². The Kier molecular flexibility index (Phi) is 8.05. The van der Waals surface area contributed by atoms with Gasteiger partial charge in [0.15, 0.2) is 0 Å². The molecule has 0 bridgehead atoms. The smallest absolute Gasteiger partial charge is 0.269 e. The van der Waals surface area contributed by atoms with Crippen LogP contribution in [0.1, 0.15) is 18.9 Å². The molecule has 0 unspecified atom stereocenters. The van der Waals surface area contributed by atoms with Crippen LogP contribution in [0.25, 0.3) is 23.0 Å². The molecule has 0 radical (unpaired) electrons. The number of hydrogen-bond donors (Lipinski definition) is 1. The van der Waals surface area contributed by atoms with Gasteiger partial charge in [0.1, 0.15) is 17.3 Å². The highest BCUT2D eigenvalue weighted by atomic mass is 16.6. The molecule has 0 aliphatic rings. The van der Waals surface area contributed by atoms with Gasteiger partial charge in [0.25, 0.3) is 11.6 Å². The molecule has 0 atom stereocenters. The van der Waals surface area contributed by atoms with E-state index in [1.165, 1.54) is 18.2 Å². The Morgan fingerprint density at radius 1 is 1.24 bits per heavy atom. The van der Waals surface area contributed by atoms with Gasteiger partial charge in [0.2, 0.25) is 0 Å². The van der Waals surface area contributed by atoms with E-state index in [9.17, 15) is 20.2 Å². The molecule has 3 aromatic rings. The highest BCUT2D eigenvalue weighted by molar-refractivity contribution is 6.02. The number of benzene rings is 2. The quantitative estimate of drug-likeness (QED) is 0.166. The monoisotopic (exact) mass is 445 g/mol. The van der Waals surface area contributed by atoms with Crippen LogP contribution in [0.3, 0.4) is 0 Å². The number of non-ortho nitro benzene ring substituents is 1. The summed E-state index contributed by atoms with van der Waals surface area (Å²) in [7, 11) is 0. The second-order valence-electron chi connectivity index (χ2n) is 6.99. The third kappa shape index (κ3) is 6.12. The molecule has 2 aromatic carbocycles. The number of nitro groups is 1. The largest absolute Gasteiger partial charge is 0.382 e. The first-order chi connectivity index (χ1) is 16.0. The molecule has 168 valence electrons. The summed E-state index contributed by atoms with van der Waals surface area (Å²) in [6, 6.07) is 17.3. The molecular weight excluding hydrogens is 422 g/mol. The molecule has 0 fully saturated rings. The van der Waals surface area contributed by atoms with E-state index < -0.39 is 10.8 Å². The van der Waals surface area contributed by atoms with Crippen LogP contribution in [0, 0.1) is 21.4 Å². The molecule has 1 N–H and O–H groups in total. The molecule has 1 aromatic heterocycles. The molecule has 9 heteroatoms. The van der Waals surface area contributed by atoms with Crippen molar-refractivity contribution in [3.8, 4) is 23.0 Å². The molecule has 0 saturated carbocycles. The third-order valence-corrected chi connectivity index (χ3v) is 4.73. The second kappa shape index (κ2) is 11.4. The van der Waals surface area contributed by atoms with E-state index in [2.05, 4.69) is 10.4 Å². The summed E-state index contributed by atoms with van der Waals surface area (Å²) < 4.78 is 6.88. The van der Waals surface area contributed by atoms with Crippen molar-refractivity contribution >= 4 is 17.7 Å². The van der Waals surface area contributed by atoms with Crippen LogP contribution in [0.5, 0.6) is 0 Å². The second-order valence-corrected chi connectivity index (χ2v) is 6.99. The number of nitrogens with zero attached hydrogens (tertiary/aromatic N) is 4. The third-order valence-electron chi connectivity index (χ3n) is 4.73. The molecule has 33 heavy (non-hydrogen) atoms. The van der Waals surface area contributed by atoms with Gasteiger partial charge < -0.3 is 10.1 Å². The van der Waals surface area contributed by atoms with Gasteiger partial charge >= 0.3 is 0 Å². The topological polar surface area (TPSA) is 123 Å². The fraction of sp³-hybridized carbons (Fsp3) is 0.208. The summed E-state index contributed by atoms with van der Waals surface area (Å²) in [5.41, 5.74) is 2.33. The summed E-state index contributed by atoms with van der Waals surface area (Å²) in [4.78, 5) is 23.0. The van der Waals surface area contributed by atoms with Crippen LogP contribution in [0.2, 0.25) is 0 Å². The minimum absolute atomic E-state index is 0.0394. The fourth-order valence-corrected chi connectivity index (χ4v) is 3.09. The van der Waals surface area contributed by atoms with Crippen LogP contribution >= 0.6 is 0 Å². The first kappa shape index (κ1) is 23.4. The summed E-state index contributed by atoms with van der Waals surface area (Å²) in [5.74, 6) is -0.490. The predicted octanol–water partition coefficient (Wildman–Crippen LogP) is 3.90. The van der Waals surface area contributed by atoms with Crippen molar-refractivity contribution in [2.24, 2.45) is 0 Å². The number of ether oxygens (including phenoxy) is 1. The summed E-state index contributed by atoms with van der Waals surface area (Å²) in [6.07, 6.45) is 3.82. The summed E-state index contributed by atoms with van der Waals surface area (Å²) in [5, 5.41) is 27.9. The van der Waals surface area contributed by atoms with E-state index in [4.69, 9.17) is 4.74 Å². The number of para-hydroxylation sites is 1. The van der Waals surface area contributed by atoms with Gasteiger partial charge in [-0.3, -0.25) is 14.9 Å². The number of hydrogen-bond acceptors (Lipinski definition) is 6. The number of nitriles is 1. The molecule has 0 spiro atoms. The van der Waals surface area contributed by atoms with Gasteiger partial charge in [-0.1, -0.05) is 18.2 Å². The standard InChI is InChI=1S/C24H23N5O4/c1-2-33-14-6-13-26-24(30)19(16-25)15-20-17-28(21-7-4-3-5-8-21)27-23(20)18-9-11-22(12-10-18)29(31)32/h3-5,7-12,15,17H,2,6,13-14H2,1H3,(H,26,30)/b19-15+. The van der Waals surface area contributed by atoms with Crippen LogP contribution in [0.15, 0.2) is 66.4 Å². The molecule has 1 amide bonds. The maximum Gasteiger partial charge on any atom is 0.269 e. The zero-order valence-corrected chi connectivity index (χ0v) is 18.1. The SMILES string of the molecule is CCOCCCNC(=O)/C(C#N)=C/c1cn(-c2ccccc2)nc1-c1ccc([N+](=O)[O-])cc1. The average molecular weight is 445 g/mol. The van der Waals surface area contributed by atoms with E-state index in [0.717, 1.165) is 5.69 Å². The van der Waals surface area contributed by atoms with Crippen LogP contribution in [0.4, 0.5) is 5.69 Å². The number of aromatic nitrogens is 2. The lowest BCUT2D eigenvalue weighted by Crippen LogP contribution is -2.26. The number of carbonyl (C=O) groups excluding carboxylic acids is 1. The lowest BCUT2D eigenvalue weighted by Gasteiger charge is -2.04. The zero-order chi connectivity index (χ0) is 23.6. The van der Waals surface area contributed by atoms with Crippen molar-refractivity contribution in [3.05, 3.63) is 82.0 Å². The normalized spacial score (nSPS) is 11.1. The molecule has 0 aliphatic heterocycles.